The number of aromatic nitrogens is 1. The Morgan fingerprint density at radius 2 is 2.05 bits per heavy atom. The number of carbonyl (C=O) groups is 1. The van der Waals surface area contributed by atoms with Crippen molar-refractivity contribution in [3.63, 3.8) is 0 Å². The number of carbonyl (C=O) groups excluding carboxylic acids is 1. The summed E-state index contributed by atoms with van der Waals surface area (Å²) in [5, 5.41) is 11.7. The van der Waals surface area contributed by atoms with Gasteiger partial charge in [-0.3, -0.25) is 14.9 Å². The van der Waals surface area contributed by atoms with Gasteiger partial charge in [0.2, 0.25) is 0 Å². The Morgan fingerprint density at radius 1 is 1.32 bits per heavy atom. The minimum Gasteiger partial charge on any atom is -0.337 e. The standard InChI is InChI=1S/C15H15N3O3S/c1-17(10-11-6-3-4-8-13(11)18(20)21)15(19)12-7-5-9-16-14(12)22-2/h3-9H,10H2,1-2H3. The Morgan fingerprint density at radius 3 is 2.73 bits per heavy atom. The van der Waals surface area contributed by atoms with Crippen LogP contribution in [0.5, 0.6) is 0 Å². The average molecular weight is 317 g/mol. The topological polar surface area (TPSA) is 76.3 Å². The third-order valence-electron chi connectivity index (χ3n) is 3.14. The highest BCUT2D eigenvalue weighted by atomic mass is 32.2. The summed E-state index contributed by atoms with van der Waals surface area (Å²) in [6.45, 7) is 0.165. The summed E-state index contributed by atoms with van der Waals surface area (Å²) in [6, 6.07) is 9.82. The van der Waals surface area contributed by atoms with Crippen molar-refractivity contribution >= 4 is 23.4 Å². The van der Waals surface area contributed by atoms with E-state index in [1.807, 2.05) is 6.26 Å². The number of nitro benzene ring substituents is 1. The van der Waals surface area contributed by atoms with Crippen molar-refractivity contribution in [2.75, 3.05) is 13.3 Å². The fourth-order valence-electron chi connectivity index (χ4n) is 2.07. The summed E-state index contributed by atoms with van der Waals surface area (Å²) >= 11 is 1.39. The first kappa shape index (κ1) is 16.0. The molecule has 0 radical (unpaired) electrons. The highest BCUT2D eigenvalue weighted by molar-refractivity contribution is 7.98. The van der Waals surface area contributed by atoms with Crippen molar-refractivity contribution in [1.29, 1.82) is 0 Å². The SMILES string of the molecule is CSc1ncccc1C(=O)N(C)Cc1ccccc1[N+](=O)[O-]. The summed E-state index contributed by atoms with van der Waals surface area (Å²) < 4.78 is 0. The molecule has 0 aliphatic heterocycles. The third kappa shape index (κ3) is 3.43. The number of hydrogen-bond acceptors (Lipinski definition) is 5. The first-order valence-electron chi connectivity index (χ1n) is 6.51. The Balaban J connectivity index is 2.24. The van der Waals surface area contributed by atoms with Gasteiger partial charge >= 0.3 is 0 Å². The van der Waals surface area contributed by atoms with Crippen LogP contribution in [0.25, 0.3) is 0 Å². The molecule has 0 saturated carbocycles. The molecule has 0 atom stereocenters. The van der Waals surface area contributed by atoms with Crippen LogP contribution in [0.15, 0.2) is 47.6 Å². The van der Waals surface area contributed by atoms with E-state index in [9.17, 15) is 14.9 Å². The first-order valence-corrected chi connectivity index (χ1v) is 7.74. The lowest BCUT2D eigenvalue weighted by molar-refractivity contribution is -0.385. The van der Waals surface area contributed by atoms with Crippen LogP contribution in [0.2, 0.25) is 0 Å². The van der Waals surface area contributed by atoms with Crippen molar-refractivity contribution < 1.29 is 9.72 Å². The van der Waals surface area contributed by atoms with Gasteiger partial charge in [0.25, 0.3) is 11.6 Å². The van der Waals surface area contributed by atoms with Gasteiger partial charge in [0.1, 0.15) is 5.03 Å². The van der Waals surface area contributed by atoms with Gasteiger partial charge in [-0.2, -0.15) is 0 Å². The smallest absolute Gasteiger partial charge is 0.274 e. The maximum absolute atomic E-state index is 12.5. The van der Waals surface area contributed by atoms with E-state index in [1.165, 1.54) is 22.7 Å². The fourth-order valence-corrected chi connectivity index (χ4v) is 2.61. The van der Waals surface area contributed by atoms with Gasteiger partial charge in [0.15, 0.2) is 0 Å². The zero-order valence-corrected chi connectivity index (χ0v) is 13.0. The van der Waals surface area contributed by atoms with E-state index in [1.54, 1.807) is 43.6 Å². The van der Waals surface area contributed by atoms with Crippen molar-refractivity contribution in [3.8, 4) is 0 Å². The van der Waals surface area contributed by atoms with Gasteiger partial charge in [0.05, 0.1) is 17.0 Å². The Kier molecular flexibility index (Phi) is 5.11. The number of thioether (sulfide) groups is 1. The van der Waals surface area contributed by atoms with Crippen LogP contribution in [0.1, 0.15) is 15.9 Å². The molecule has 0 bridgehead atoms. The number of benzene rings is 1. The quantitative estimate of drug-likeness (QED) is 0.481. The van der Waals surface area contributed by atoms with E-state index >= 15 is 0 Å². The number of nitrogens with zero attached hydrogens (tertiary/aromatic N) is 3. The third-order valence-corrected chi connectivity index (χ3v) is 3.85. The van der Waals surface area contributed by atoms with Crippen molar-refractivity contribution in [2.24, 2.45) is 0 Å². The lowest BCUT2D eigenvalue weighted by Gasteiger charge is -2.18. The zero-order valence-electron chi connectivity index (χ0n) is 12.2. The minimum absolute atomic E-state index is 0.0124. The van der Waals surface area contributed by atoms with Crippen LogP contribution in [0.3, 0.4) is 0 Å². The lowest BCUT2D eigenvalue weighted by Crippen LogP contribution is -2.27. The van der Waals surface area contributed by atoms with Crippen LogP contribution in [-0.4, -0.2) is 34.0 Å². The highest BCUT2D eigenvalue weighted by Crippen LogP contribution is 2.22. The maximum atomic E-state index is 12.5. The van der Waals surface area contributed by atoms with Crippen LogP contribution in [0, 0.1) is 10.1 Å². The van der Waals surface area contributed by atoms with Gasteiger partial charge in [0, 0.05) is 24.9 Å². The average Bonchev–Trinajstić information content (AvgIpc) is 2.54. The molecule has 6 nitrogen and oxygen atoms in total. The van der Waals surface area contributed by atoms with E-state index < -0.39 is 4.92 Å². The van der Waals surface area contributed by atoms with Crippen LogP contribution < -0.4 is 0 Å². The molecule has 1 heterocycles. The second kappa shape index (κ2) is 7.04. The van der Waals surface area contributed by atoms with Gasteiger partial charge in [-0.25, -0.2) is 4.98 Å². The molecule has 1 aromatic carbocycles. The minimum atomic E-state index is -0.439. The molecular formula is C15H15N3O3S. The van der Waals surface area contributed by atoms with Crippen molar-refractivity contribution in [3.05, 3.63) is 63.8 Å². The number of hydrogen-bond donors (Lipinski definition) is 0. The molecule has 22 heavy (non-hydrogen) atoms. The van der Waals surface area contributed by atoms with E-state index in [0.29, 0.717) is 16.2 Å². The molecule has 0 aliphatic carbocycles. The van der Waals surface area contributed by atoms with Crippen molar-refractivity contribution in [1.82, 2.24) is 9.88 Å². The second-order valence-electron chi connectivity index (χ2n) is 4.61. The molecule has 0 spiro atoms. The molecule has 1 aromatic heterocycles. The first-order chi connectivity index (χ1) is 10.5. The zero-order chi connectivity index (χ0) is 16.1. The van der Waals surface area contributed by atoms with Gasteiger partial charge in [-0.15, -0.1) is 11.8 Å². The van der Waals surface area contributed by atoms with Crippen LogP contribution >= 0.6 is 11.8 Å². The molecular weight excluding hydrogens is 302 g/mol. The number of para-hydroxylation sites is 1. The Labute approximate surface area is 132 Å². The van der Waals surface area contributed by atoms with Crippen LogP contribution in [-0.2, 0) is 6.54 Å². The van der Waals surface area contributed by atoms with Crippen LogP contribution in [0.4, 0.5) is 5.69 Å². The second-order valence-corrected chi connectivity index (χ2v) is 5.40. The number of nitro groups is 1. The van der Waals surface area contributed by atoms with Gasteiger partial charge in [-0.1, -0.05) is 18.2 Å². The molecule has 0 fully saturated rings. The molecule has 7 heteroatoms. The molecule has 2 rings (SSSR count). The summed E-state index contributed by atoms with van der Waals surface area (Å²) in [6.07, 6.45) is 3.48. The normalized spacial score (nSPS) is 10.3. The van der Waals surface area contributed by atoms with Gasteiger partial charge < -0.3 is 4.90 Å². The van der Waals surface area contributed by atoms with E-state index in [-0.39, 0.29) is 18.1 Å². The van der Waals surface area contributed by atoms with E-state index in [4.69, 9.17) is 0 Å². The Bertz CT molecular complexity index is 706. The lowest BCUT2D eigenvalue weighted by atomic mass is 10.1. The number of amides is 1. The summed E-state index contributed by atoms with van der Waals surface area (Å²) in [5.74, 6) is -0.212. The molecule has 0 N–H and O–H groups in total. The summed E-state index contributed by atoms with van der Waals surface area (Å²) in [7, 11) is 1.62. The maximum Gasteiger partial charge on any atom is 0.274 e. The molecule has 1 amide bonds. The molecule has 0 aliphatic rings. The van der Waals surface area contributed by atoms with Gasteiger partial charge in [-0.05, 0) is 18.4 Å². The molecule has 0 unspecified atom stereocenters. The fraction of sp³-hybridized carbons (Fsp3) is 0.200. The number of pyridine rings is 1. The Hall–Kier alpha value is -2.41. The largest absolute Gasteiger partial charge is 0.337 e. The summed E-state index contributed by atoms with van der Waals surface area (Å²) in [4.78, 5) is 28.7. The van der Waals surface area contributed by atoms with E-state index in [2.05, 4.69) is 4.98 Å². The highest BCUT2D eigenvalue weighted by Gasteiger charge is 2.20. The van der Waals surface area contributed by atoms with E-state index in [0.717, 1.165) is 0 Å². The molecule has 2 aromatic rings. The van der Waals surface area contributed by atoms with Crippen molar-refractivity contribution in [2.45, 2.75) is 11.6 Å². The monoisotopic (exact) mass is 317 g/mol. The molecule has 114 valence electrons. The predicted octanol–water partition coefficient (Wildman–Crippen LogP) is 2.98. The predicted molar refractivity (Wildman–Crippen MR) is 84.9 cm³/mol. The summed E-state index contributed by atoms with van der Waals surface area (Å²) in [5.41, 5.74) is 1.01. The molecule has 0 saturated heterocycles. The number of rotatable bonds is 5.